The SMILES string of the molecule is CCOc1cc(C(=O)N2CCN(c3nsc4ccccc34)CC2)ncn1. The third-order valence-electron chi connectivity index (χ3n) is 4.38. The van der Waals surface area contributed by atoms with E-state index >= 15 is 0 Å². The first kappa shape index (κ1) is 16.7. The van der Waals surface area contributed by atoms with Crippen LogP contribution in [0.3, 0.4) is 0 Å². The number of hydrogen-bond acceptors (Lipinski definition) is 7. The number of carbonyl (C=O) groups excluding carboxylic acids is 1. The molecule has 8 heteroatoms. The predicted molar refractivity (Wildman–Crippen MR) is 101 cm³/mol. The molecule has 3 aromatic rings. The predicted octanol–water partition coefficient (Wildman–Crippen LogP) is 2.45. The monoisotopic (exact) mass is 369 g/mol. The Balaban J connectivity index is 1.45. The number of fused-ring (bicyclic) bond motifs is 1. The van der Waals surface area contributed by atoms with Gasteiger partial charge in [0.25, 0.3) is 5.91 Å². The van der Waals surface area contributed by atoms with Gasteiger partial charge in [0.15, 0.2) is 0 Å². The van der Waals surface area contributed by atoms with Gasteiger partial charge in [-0.2, -0.15) is 4.37 Å². The minimum absolute atomic E-state index is 0.0869. The van der Waals surface area contributed by atoms with Crippen LogP contribution in [0.25, 0.3) is 10.1 Å². The largest absolute Gasteiger partial charge is 0.478 e. The average molecular weight is 369 g/mol. The summed E-state index contributed by atoms with van der Waals surface area (Å²) in [7, 11) is 0. The maximum Gasteiger partial charge on any atom is 0.272 e. The first-order chi connectivity index (χ1) is 12.8. The highest BCUT2D eigenvalue weighted by Crippen LogP contribution is 2.29. The van der Waals surface area contributed by atoms with Crippen LogP contribution in [0.15, 0.2) is 36.7 Å². The lowest BCUT2D eigenvalue weighted by molar-refractivity contribution is 0.0740. The van der Waals surface area contributed by atoms with Gasteiger partial charge >= 0.3 is 0 Å². The van der Waals surface area contributed by atoms with Crippen LogP contribution in [0.1, 0.15) is 17.4 Å². The van der Waals surface area contributed by atoms with Crippen LogP contribution >= 0.6 is 11.5 Å². The maximum atomic E-state index is 12.7. The number of piperazine rings is 1. The summed E-state index contributed by atoms with van der Waals surface area (Å²) < 4.78 is 11.1. The fourth-order valence-corrected chi connectivity index (χ4v) is 3.86. The molecule has 0 N–H and O–H groups in total. The van der Waals surface area contributed by atoms with Crippen LogP contribution in [0.5, 0.6) is 5.88 Å². The van der Waals surface area contributed by atoms with Gasteiger partial charge in [-0.1, -0.05) is 12.1 Å². The molecule has 3 heterocycles. The number of carbonyl (C=O) groups is 1. The topological polar surface area (TPSA) is 71.5 Å². The lowest BCUT2D eigenvalue weighted by Crippen LogP contribution is -2.49. The van der Waals surface area contributed by atoms with Crippen LogP contribution in [0.2, 0.25) is 0 Å². The van der Waals surface area contributed by atoms with Crippen molar-refractivity contribution >= 4 is 33.3 Å². The van der Waals surface area contributed by atoms with Crippen LogP contribution in [0, 0.1) is 0 Å². The molecule has 0 aliphatic carbocycles. The van der Waals surface area contributed by atoms with Crippen LogP contribution < -0.4 is 9.64 Å². The number of hydrogen-bond donors (Lipinski definition) is 0. The Morgan fingerprint density at radius 1 is 1.19 bits per heavy atom. The van der Waals surface area contributed by atoms with E-state index in [0.717, 1.165) is 18.9 Å². The molecule has 134 valence electrons. The Bertz CT molecular complexity index is 921. The van der Waals surface area contributed by atoms with Gasteiger partial charge in [-0.25, -0.2) is 9.97 Å². The molecule has 0 bridgehead atoms. The third kappa shape index (κ3) is 3.20. The van der Waals surface area contributed by atoms with Crippen molar-refractivity contribution in [3.05, 3.63) is 42.4 Å². The normalized spacial score (nSPS) is 14.7. The minimum atomic E-state index is -0.0869. The summed E-state index contributed by atoms with van der Waals surface area (Å²) in [5, 5.41) is 1.18. The highest BCUT2D eigenvalue weighted by atomic mass is 32.1. The van der Waals surface area contributed by atoms with Gasteiger partial charge in [-0.15, -0.1) is 0 Å². The van der Waals surface area contributed by atoms with Gasteiger partial charge in [-0.05, 0) is 30.6 Å². The number of amides is 1. The van der Waals surface area contributed by atoms with Gasteiger partial charge < -0.3 is 14.5 Å². The molecule has 0 unspecified atom stereocenters. The molecule has 1 amide bonds. The molecule has 7 nitrogen and oxygen atoms in total. The van der Waals surface area contributed by atoms with Crippen molar-refractivity contribution in [2.24, 2.45) is 0 Å². The molecular weight excluding hydrogens is 350 g/mol. The van der Waals surface area contributed by atoms with Crippen molar-refractivity contribution < 1.29 is 9.53 Å². The van der Waals surface area contributed by atoms with Crippen molar-refractivity contribution in [1.29, 1.82) is 0 Å². The molecule has 0 atom stereocenters. The second-order valence-corrected chi connectivity index (χ2v) is 6.76. The van der Waals surface area contributed by atoms with E-state index in [-0.39, 0.29) is 5.91 Å². The zero-order chi connectivity index (χ0) is 17.9. The smallest absolute Gasteiger partial charge is 0.272 e. The van der Waals surface area contributed by atoms with E-state index in [1.165, 1.54) is 27.9 Å². The molecule has 26 heavy (non-hydrogen) atoms. The lowest BCUT2D eigenvalue weighted by atomic mass is 10.2. The molecule has 1 fully saturated rings. The molecular formula is C18H19N5O2S. The molecule has 4 rings (SSSR count). The number of nitrogens with zero attached hydrogens (tertiary/aromatic N) is 5. The van der Waals surface area contributed by atoms with E-state index < -0.39 is 0 Å². The molecule has 2 aromatic heterocycles. The highest BCUT2D eigenvalue weighted by molar-refractivity contribution is 7.13. The molecule has 1 aliphatic heterocycles. The standard InChI is InChI=1S/C18H19N5O2S/c1-2-25-16-11-14(19-12-20-16)18(24)23-9-7-22(8-10-23)17-13-5-3-4-6-15(13)26-21-17/h3-6,11-12H,2,7-10H2,1H3. The van der Waals surface area contributed by atoms with Gasteiger partial charge in [0.1, 0.15) is 17.8 Å². The summed E-state index contributed by atoms with van der Waals surface area (Å²) in [6.07, 6.45) is 1.37. The number of aromatic nitrogens is 3. The van der Waals surface area contributed by atoms with Crippen molar-refractivity contribution in [1.82, 2.24) is 19.2 Å². The van der Waals surface area contributed by atoms with E-state index in [1.54, 1.807) is 6.07 Å². The Kier molecular flexibility index (Phi) is 4.66. The van der Waals surface area contributed by atoms with E-state index in [2.05, 4.69) is 31.4 Å². The quantitative estimate of drug-likeness (QED) is 0.703. The summed E-state index contributed by atoms with van der Waals surface area (Å²) in [5.41, 5.74) is 0.371. The average Bonchev–Trinajstić information content (AvgIpc) is 3.12. The molecule has 1 saturated heterocycles. The summed E-state index contributed by atoms with van der Waals surface area (Å²) in [4.78, 5) is 24.9. The Morgan fingerprint density at radius 2 is 2.00 bits per heavy atom. The number of ether oxygens (including phenoxy) is 1. The summed E-state index contributed by atoms with van der Waals surface area (Å²) in [6.45, 7) is 5.17. The van der Waals surface area contributed by atoms with Gasteiger partial charge in [0.2, 0.25) is 5.88 Å². The second-order valence-electron chi connectivity index (χ2n) is 5.96. The van der Waals surface area contributed by atoms with E-state index in [4.69, 9.17) is 4.74 Å². The molecule has 1 aliphatic rings. The van der Waals surface area contributed by atoms with E-state index in [0.29, 0.717) is 31.3 Å². The Labute approximate surface area is 155 Å². The van der Waals surface area contributed by atoms with Gasteiger partial charge in [0.05, 0.1) is 11.3 Å². The Morgan fingerprint density at radius 3 is 2.81 bits per heavy atom. The second kappa shape index (κ2) is 7.25. The zero-order valence-electron chi connectivity index (χ0n) is 14.5. The molecule has 1 aromatic carbocycles. The van der Waals surface area contributed by atoms with Crippen LogP contribution in [-0.2, 0) is 0 Å². The minimum Gasteiger partial charge on any atom is -0.478 e. The van der Waals surface area contributed by atoms with Crippen LogP contribution in [-0.4, -0.2) is 57.9 Å². The zero-order valence-corrected chi connectivity index (χ0v) is 15.3. The van der Waals surface area contributed by atoms with Crippen molar-refractivity contribution in [2.75, 3.05) is 37.7 Å². The number of rotatable bonds is 4. The van der Waals surface area contributed by atoms with Crippen LogP contribution in [0.4, 0.5) is 5.82 Å². The number of benzene rings is 1. The van der Waals surface area contributed by atoms with Gasteiger partial charge in [0, 0.05) is 37.6 Å². The fourth-order valence-electron chi connectivity index (χ4n) is 3.07. The molecule has 0 radical (unpaired) electrons. The first-order valence-corrected chi connectivity index (χ1v) is 9.37. The maximum absolute atomic E-state index is 12.7. The summed E-state index contributed by atoms with van der Waals surface area (Å²) in [6, 6.07) is 9.85. The molecule has 0 saturated carbocycles. The van der Waals surface area contributed by atoms with Crippen molar-refractivity contribution in [3.8, 4) is 5.88 Å². The Hall–Kier alpha value is -2.74. The van der Waals surface area contributed by atoms with E-state index in [1.807, 2.05) is 24.0 Å². The fraction of sp³-hybridized carbons (Fsp3) is 0.333. The first-order valence-electron chi connectivity index (χ1n) is 8.59. The third-order valence-corrected chi connectivity index (χ3v) is 5.20. The number of anilines is 1. The highest BCUT2D eigenvalue weighted by Gasteiger charge is 2.25. The lowest BCUT2D eigenvalue weighted by Gasteiger charge is -2.34. The van der Waals surface area contributed by atoms with Crippen molar-refractivity contribution in [2.45, 2.75) is 6.92 Å². The summed E-state index contributed by atoms with van der Waals surface area (Å²) in [5.74, 6) is 1.35. The molecule has 0 spiro atoms. The van der Waals surface area contributed by atoms with Gasteiger partial charge in [-0.3, -0.25) is 4.79 Å². The summed E-state index contributed by atoms with van der Waals surface area (Å²) >= 11 is 1.51. The van der Waals surface area contributed by atoms with E-state index in [9.17, 15) is 4.79 Å². The van der Waals surface area contributed by atoms with Crippen molar-refractivity contribution in [3.63, 3.8) is 0 Å².